The van der Waals surface area contributed by atoms with Crippen LogP contribution in [0.3, 0.4) is 0 Å². The first-order valence-electron chi connectivity index (χ1n) is 7.30. The van der Waals surface area contributed by atoms with Crippen LogP contribution in [0.4, 0.5) is 0 Å². The Morgan fingerprint density at radius 3 is 2.05 bits per heavy atom. The highest BCUT2D eigenvalue weighted by atomic mass is 32.2. The summed E-state index contributed by atoms with van der Waals surface area (Å²) in [6.45, 7) is 7.25. The molecule has 22 heavy (non-hydrogen) atoms. The summed E-state index contributed by atoms with van der Waals surface area (Å²) in [5.41, 5.74) is -0.487. The van der Waals surface area contributed by atoms with Gasteiger partial charge in [0.2, 0.25) is 5.91 Å². The molecule has 128 valence electrons. The third-order valence-corrected chi connectivity index (χ3v) is 3.04. The summed E-state index contributed by atoms with van der Waals surface area (Å²) in [5, 5.41) is 3.00. The molecule has 0 aromatic rings. The molecule has 1 N–H and O–H groups in total. The molecule has 0 aliphatic heterocycles. The summed E-state index contributed by atoms with van der Waals surface area (Å²) in [6.07, 6.45) is 4.64. The third kappa shape index (κ3) is 11.2. The highest BCUT2D eigenvalue weighted by molar-refractivity contribution is 7.59. The summed E-state index contributed by atoms with van der Waals surface area (Å²) in [6, 6.07) is 0.304. The lowest BCUT2D eigenvalue weighted by Crippen LogP contribution is -2.37. The van der Waals surface area contributed by atoms with Crippen LogP contribution in [0, 0.1) is 5.92 Å². The molecule has 1 rings (SSSR count). The Bertz CT molecular complexity index is 466. The summed E-state index contributed by atoms with van der Waals surface area (Å²) in [5.74, 6) is -0.662. The summed E-state index contributed by atoms with van der Waals surface area (Å²) < 4.78 is 30.5. The van der Waals surface area contributed by atoms with Crippen molar-refractivity contribution in [1.29, 1.82) is 0 Å². The van der Waals surface area contributed by atoms with Crippen molar-refractivity contribution in [1.82, 2.24) is 5.32 Å². The smallest absolute Gasteiger partial charge is 0.425 e. The van der Waals surface area contributed by atoms with Crippen LogP contribution in [0.1, 0.15) is 59.8 Å². The van der Waals surface area contributed by atoms with Crippen molar-refractivity contribution in [2.24, 2.45) is 5.92 Å². The molecule has 1 fully saturated rings. The van der Waals surface area contributed by atoms with Gasteiger partial charge < -0.3 is 10.1 Å². The van der Waals surface area contributed by atoms with Crippen LogP contribution in [0.5, 0.6) is 0 Å². The minimum atomic E-state index is -3.11. The molecule has 0 spiro atoms. The molecule has 0 unspecified atom stereocenters. The Morgan fingerprint density at radius 1 is 1.18 bits per heavy atom. The molecule has 1 atom stereocenters. The summed E-state index contributed by atoms with van der Waals surface area (Å²) >= 11 is 0. The first-order valence-corrected chi connectivity index (χ1v) is 8.30. The second-order valence-corrected chi connectivity index (χ2v) is 6.79. The van der Waals surface area contributed by atoms with E-state index in [1.165, 1.54) is 12.8 Å². The number of hydrogen-bond acceptors (Lipinski definition) is 6. The van der Waals surface area contributed by atoms with Gasteiger partial charge in [-0.25, -0.2) is 0 Å². The molecule has 1 aliphatic rings. The van der Waals surface area contributed by atoms with Crippen LogP contribution in [-0.2, 0) is 24.9 Å². The van der Waals surface area contributed by atoms with Gasteiger partial charge in [0.15, 0.2) is 0 Å². The van der Waals surface area contributed by atoms with Gasteiger partial charge in [0.05, 0.1) is 6.42 Å². The SMILES string of the molecule is C[C@@H](CC(=O)OC(C)(C)C)C(=O)NC1CCCC1.O=S(=O)=O. The van der Waals surface area contributed by atoms with Gasteiger partial charge >= 0.3 is 16.6 Å². The molecule has 8 heteroatoms. The van der Waals surface area contributed by atoms with Gasteiger partial charge in [0, 0.05) is 12.0 Å². The Labute approximate surface area is 132 Å². The molecule has 0 heterocycles. The molecule has 7 nitrogen and oxygen atoms in total. The number of amides is 1. The van der Waals surface area contributed by atoms with E-state index in [-0.39, 0.29) is 24.2 Å². The second kappa shape index (κ2) is 9.55. The van der Waals surface area contributed by atoms with Gasteiger partial charge in [-0.05, 0) is 33.6 Å². The highest BCUT2D eigenvalue weighted by Crippen LogP contribution is 2.18. The zero-order valence-electron chi connectivity index (χ0n) is 13.5. The first-order chi connectivity index (χ1) is 10.0. The number of rotatable bonds is 4. The van der Waals surface area contributed by atoms with Crippen LogP contribution in [0.2, 0.25) is 0 Å². The molecule has 0 saturated heterocycles. The Kier molecular flexibility index (Phi) is 8.93. The lowest BCUT2D eigenvalue weighted by atomic mass is 10.1. The fourth-order valence-electron chi connectivity index (χ4n) is 2.14. The fraction of sp³-hybridized carbons (Fsp3) is 0.857. The number of nitrogens with one attached hydrogen (secondary N) is 1. The minimum Gasteiger partial charge on any atom is -0.460 e. The molecule has 1 amide bonds. The van der Waals surface area contributed by atoms with Crippen LogP contribution >= 0.6 is 0 Å². The van der Waals surface area contributed by atoms with E-state index in [0.717, 1.165) is 12.8 Å². The van der Waals surface area contributed by atoms with Crippen LogP contribution < -0.4 is 5.32 Å². The number of carbonyl (C=O) groups is 2. The number of esters is 1. The normalized spacial score (nSPS) is 16.2. The van der Waals surface area contributed by atoms with Gasteiger partial charge in [-0.2, -0.15) is 0 Å². The van der Waals surface area contributed by atoms with Crippen molar-refractivity contribution in [3.63, 3.8) is 0 Å². The first kappa shape index (κ1) is 20.6. The van der Waals surface area contributed by atoms with Crippen molar-refractivity contribution in [3.05, 3.63) is 0 Å². The van der Waals surface area contributed by atoms with Gasteiger partial charge in [-0.15, -0.1) is 12.6 Å². The van der Waals surface area contributed by atoms with Crippen molar-refractivity contribution < 1.29 is 27.0 Å². The van der Waals surface area contributed by atoms with Crippen LogP contribution in [-0.4, -0.2) is 36.1 Å². The van der Waals surface area contributed by atoms with Crippen LogP contribution in [0.15, 0.2) is 0 Å². The molecule has 0 radical (unpaired) electrons. The minimum absolute atomic E-state index is 0.0345. The van der Waals surface area contributed by atoms with E-state index in [1.54, 1.807) is 6.92 Å². The number of ether oxygens (including phenoxy) is 1. The van der Waals surface area contributed by atoms with Crippen molar-refractivity contribution in [2.75, 3.05) is 0 Å². The van der Waals surface area contributed by atoms with E-state index in [0.29, 0.717) is 6.04 Å². The fourth-order valence-corrected chi connectivity index (χ4v) is 2.14. The molecule has 1 saturated carbocycles. The Balaban J connectivity index is 0.000000980. The van der Waals surface area contributed by atoms with E-state index < -0.39 is 16.2 Å². The highest BCUT2D eigenvalue weighted by Gasteiger charge is 2.24. The Morgan fingerprint density at radius 2 is 1.64 bits per heavy atom. The standard InChI is InChI=1S/C14H25NO3.O3S/c1-10(9-12(16)18-14(2,3)4)13(17)15-11-7-5-6-8-11;1-4(2)3/h10-11H,5-9H2,1-4H3,(H,15,17);/t10-;/m0./s1. The molecule has 0 bridgehead atoms. The van der Waals surface area contributed by atoms with E-state index in [1.807, 2.05) is 20.8 Å². The zero-order chi connectivity index (χ0) is 17.3. The van der Waals surface area contributed by atoms with E-state index in [9.17, 15) is 9.59 Å². The monoisotopic (exact) mass is 335 g/mol. The topological polar surface area (TPSA) is 107 Å². The van der Waals surface area contributed by atoms with Gasteiger partial charge in [0.25, 0.3) is 0 Å². The number of hydrogen-bond donors (Lipinski definition) is 1. The van der Waals surface area contributed by atoms with Crippen molar-refractivity contribution >= 4 is 22.5 Å². The maximum atomic E-state index is 11.9. The van der Waals surface area contributed by atoms with Crippen molar-refractivity contribution in [3.8, 4) is 0 Å². The average Bonchev–Trinajstić information content (AvgIpc) is 2.77. The predicted octanol–water partition coefficient (Wildman–Crippen LogP) is 1.41. The second-order valence-electron chi connectivity index (χ2n) is 6.39. The molecule has 1 aliphatic carbocycles. The van der Waals surface area contributed by atoms with Gasteiger partial charge in [0.1, 0.15) is 5.60 Å². The van der Waals surface area contributed by atoms with Crippen molar-refractivity contribution in [2.45, 2.75) is 71.4 Å². The maximum Gasteiger partial charge on any atom is 0.425 e. The summed E-state index contributed by atoms with van der Waals surface area (Å²) in [4.78, 5) is 23.5. The Hall–Kier alpha value is -1.44. The summed E-state index contributed by atoms with van der Waals surface area (Å²) in [7, 11) is -3.11. The zero-order valence-corrected chi connectivity index (χ0v) is 14.4. The van der Waals surface area contributed by atoms with E-state index in [2.05, 4.69) is 5.32 Å². The van der Waals surface area contributed by atoms with Crippen LogP contribution in [0.25, 0.3) is 0 Å². The molecular weight excluding hydrogens is 310 g/mol. The van der Waals surface area contributed by atoms with E-state index in [4.69, 9.17) is 17.4 Å². The quantitative estimate of drug-likeness (QED) is 0.778. The van der Waals surface area contributed by atoms with E-state index >= 15 is 0 Å². The largest absolute Gasteiger partial charge is 0.460 e. The average molecular weight is 335 g/mol. The number of carbonyl (C=O) groups excluding carboxylic acids is 2. The maximum absolute atomic E-state index is 11.9. The molecule has 0 aromatic heterocycles. The lowest BCUT2D eigenvalue weighted by molar-refractivity contribution is -0.157. The van der Waals surface area contributed by atoms with Gasteiger partial charge in [-0.1, -0.05) is 19.8 Å². The lowest BCUT2D eigenvalue weighted by Gasteiger charge is -2.21. The molecule has 0 aromatic carbocycles. The third-order valence-electron chi connectivity index (χ3n) is 3.04. The molecular formula is C14H25NO6S. The predicted molar refractivity (Wildman–Crippen MR) is 79.7 cm³/mol. The van der Waals surface area contributed by atoms with Gasteiger partial charge in [-0.3, -0.25) is 9.59 Å².